The maximum absolute atomic E-state index is 12.3. The van der Waals surface area contributed by atoms with Gasteiger partial charge in [0.05, 0.1) is 0 Å². The lowest BCUT2D eigenvalue weighted by Gasteiger charge is -2.27. The number of amides is 2. The molecule has 1 aromatic heterocycles. The number of anilines is 1. The summed E-state index contributed by atoms with van der Waals surface area (Å²) in [5.74, 6) is -0.359. The molecule has 1 N–H and O–H groups in total. The Morgan fingerprint density at radius 3 is 2.77 bits per heavy atom. The number of rotatable bonds is 3. The second kappa shape index (κ2) is 6.82. The number of nitrogens with one attached hydrogen (secondary N) is 1. The molecule has 2 heterocycles. The molecule has 0 unspecified atom stereocenters. The predicted octanol–water partition coefficient (Wildman–Crippen LogP) is 2.60. The smallest absolute Gasteiger partial charge is 0.329 e. The van der Waals surface area contributed by atoms with Crippen LogP contribution in [0.15, 0.2) is 5.16 Å². The Bertz CT molecular complexity index is 556. The molecular weight excluding hydrogens is 324 g/mol. The first-order valence-electron chi connectivity index (χ1n) is 6.98. The van der Waals surface area contributed by atoms with Crippen LogP contribution in [0.1, 0.15) is 33.6 Å². The Labute approximate surface area is 138 Å². The van der Waals surface area contributed by atoms with Gasteiger partial charge in [0, 0.05) is 18.1 Å². The summed E-state index contributed by atoms with van der Waals surface area (Å²) in [6.07, 6.45) is 3.27. The highest BCUT2D eigenvalue weighted by Gasteiger charge is 2.37. The number of carbonyl (C=O) groups is 2. The number of ether oxygens (including phenoxy) is 1. The number of thioether (sulfide) groups is 1. The Kier molecular flexibility index (Phi) is 5.28. The zero-order valence-corrected chi connectivity index (χ0v) is 14.7. The molecule has 2 amide bonds. The van der Waals surface area contributed by atoms with E-state index in [1.807, 2.05) is 27.0 Å². The highest BCUT2D eigenvalue weighted by atomic mass is 32.2. The number of carbonyl (C=O) groups excluding carboxylic acids is 2. The maximum atomic E-state index is 12.3. The molecule has 0 spiro atoms. The van der Waals surface area contributed by atoms with E-state index < -0.39 is 11.6 Å². The van der Waals surface area contributed by atoms with Crippen LogP contribution in [-0.4, -0.2) is 50.7 Å². The molecule has 0 aromatic carbocycles. The number of nitrogens with zero attached hydrogens (tertiary/aromatic N) is 3. The fourth-order valence-electron chi connectivity index (χ4n) is 2.13. The molecule has 1 aromatic rings. The molecule has 9 heteroatoms. The topological polar surface area (TPSA) is 84.4 Å². The maximum Gasteiger partial charge on any atom is 0.329 e. The molecule has 1 saturated heterocycles. The van der Waals surface area contributed by atoms with E-state index in [9.17, 15) is 9.59 Å². The van der Waals surface area contributed by atoms with Gasteiger partial charge < -0.3 is 9.64 Å². The van der Waals surface area contributed by atoms with Gasteiger partial charge in [0.25, 0.3) is 0 Å². The summed E-state index contributed by atoms with van der Waals surface area (Å²) in [7, 11) is 0. The van der Waals surface area contributed by atoms with Gasteiger partial charge in [0.1, 0.15) is 11.6 Å². The summed E-state index contributed by atoms with van der Waals surface area (Å²) in [6, 6.07) is -0.871. The van der Waals surface area contributed by atoms with Gasteiger partial charge in [0.15, 0.2) is 0 Å². The van der Waals surface area contributed by atoms with Crippen molar-refractivity contribution in [3.63, 3.8) is 0 Å². The first kappa shape index (κ1) is 17.0. The van der Waals surface area contributed by atoms with E-state index >= 15 is 0 Å². The number of aromatic nitrogens is 2. The second-order valence-corrected chi connectivity index (χ2v) is 7.43. The van der Waals surface area contributed by atoms with Crippen LogP contribution in [0.5, 0.6) is 0 Å². The second-order valence-electron chi connectivity index (χ2n) is 5.90. The van der Waals surface area contributed by atoms with Crippen LogP contribution in [0.3, 0.4) is 0 Å². The van der Waals surface area contributed by atoms with Gasteiger partial charge in [0.2, 0.25) is 10.3 Å². The number of urea groups is 1. The van der Waals surface area contributed by atoms with E-state index in [4.69, 9.17) is 4.74 Å². The average Bonchev–Trinajstić information content (AvgIpc) is 3.04. The molecule has 7 nitrogen and oxygen atoms in total. The van der Waals surface area contributed by atoms with Crippen molar-refractivity contribution >= 4 is 40.4 Å². The lowest BCUT2D eigenvalue weighted by Crippen LogP contribution is -2.45. The summed E-state index contributed by atoms with van der Waals surface area (Å²) in [5, 5.41) is 3.75. The van der Waals surface area contributed by atoms with Crippen LogP contribution >= 0.6 is 23.3 Å². The number of esters is 1. The minimum Gasteiger partial charge on any atom is -0.458 e. The molecule has 0 radical (unpaired) electrons. The van der Waals surface area contributed by atoms with E-state index in [1.165, 1.54) is 16.7 Å². The van der Waals surface area contributed by atoms with Crippen molar-refractivity contribution in [2.75, 3.05) is 18.1 Å². The number of hydrogen-bond acceptors (Lipinski definition) is 7. The molecule has 0 aliphatic carbocycles. The van der Waals surface area contributed by atoms with E-state index in [-0.39, 0.29) is 12.0 Å². The standard InChI is InChI=1S/C13H20N4O3S2/c1-13(2,3)20-9(18)8-6-5-7-17(8)12(19)15-10-14-11(21-4)16-22-10/h8H,5-7H2,1-4H3,(H,14,15,16,19)/t8-/m0/s1. The fraction of sp³-hybridized carbons (Fsp3) is 0.692. The molecule has 0 saturated carbocycles. The summed E-state index contributed by atoms with van der Waals surface area (Å²) >= 11 is 2.53. The lowest BCUT2D eigenvalue weighted by atomic mass is 10.1. The van der Waals surface area contributed by atoms with Crippen molar-refractivity contribution in [1.82, 2.24) is 14.3 Å². The van der Waals surface area contributed by atoms with E-state index in [0.29, 0.717) is 23.3 Å². The minimum atomic E-state index is -0.561. The molecule has 1 atom stereocenters. The van der Waals surface area contributed by atoms with Gasteiger partial charge in [-0.15, -0.1) is 0 Å². The van der Waals surface area contributed by atoms with Crippen molar-refractivity contribution < 1.29 is 14.3 Å². The van der Waals surface area contributed by atoms with Crippen LogP contribution in [0.4, 0.5) is 9.93 Å². The van der Waals surface area contributed by atoms with Gasteiger partial charge in [-0.2, -0.15) is 9.36 Å². The Hall–Kier alpha value is -1.35. The van der Waals surface area contributed by atoms with Crippen molar-refractivity contribution in [3.05, 3.63) is 0 Å². The largest absolute Gasteiger partial charge is 0.458 e. The van der Waals surface area contributed by atoms with Crippen LogP contribution in [0.2, 0.25) is 0 Å². The highest BCUT2D eigenvalue weighted by molar-refractivity contribution is 7.98. The molecule has 0 bridgehead atoms. The van der Waals surface area contributed by atoms with E-state index in [1.54, 1.807) is 0 Å². The van der Waals surface area contributed by atoms with Gasteiger partial charge >= 0.3 is 12.0 Å². The lowest BCUT2D eigenvalue weighted by molar-refractivity contribution is -0.159. The van der Waals surface area contributed by atoms with Crippen LogP contribution in [-0.2, 0) is 9.53 Å². The van der Waals surface area contributed by atoms with Crippen LogP contribution in [0, 0.1) is 0 Å². The number of likely N-dealkylation sites (tertiary alicyclic amines) is 1. The summed E-state index contributed by atoms with van der Waals surface area (Å²) in [5.41, 5.74) is -0.561. The molecule has 122 valence electrons. The molecule has 1 fully saturated rings. The molecule has 1 aliphatic rings. The fourth-order valence-corrected chi connectivity index (χ4v) is 3.25. The SMILES string of the molecule is CSc1nsc(NC(=O)N2CCC[C@H]2C(=O)OC(C)(C)C)n1. The summed E-state index contributed by atoms with van der Waals surface area (Å²) in [6.45, 7) is 5.98. The van der Waals surface area contributed by atoms with Crippen LogP contribution in [0.25, 0.3) is 0 Å². The number of hydrogen-bond donors (Lipinski definition) is 1. The van der Waals surface area contributed by atoms with E-state index in [2.05, 4.69) is 14.7 Å². The Morgan fingerprint density at radius 2 is 2.18 bits per heavy atom. The zero-order chi connectivity index (χ0) is 16.3. The van der Waals surface area contributed by atoms with Crippen molar-refractivity contribution in [2.24, 2.45) is 0 Å². The highest BCUT2D eigenvalue weighted by Crippen LogP contribution is 2.23. The predicted molar refractivity (Wildman–Crippen MR) is 86.3 cm³/mol. The first-order valence-corrected chi connectivity index (χ1v) is 8.98. The average molecular weight is 344 g/mol. The summed E-state index contributed by atoms with van der Waals surface area (Å²) < 4.78 is 9.47. The van der Waals surface area contributed by atoms with Gasteiger partial charge in [-0.3, -0.25) is 5.32 Å². The zero-order valence-electron chi connectivity index (χ0n) is 13.1. The molecule has 1 aliphatic heterocycles. The van der Waals surface area contributed by atoms with Gasteiger partial charge in [-0.25, -0.2) is 9.59 Å². The third-order valence-electron chi connectivity index (χ3n) is 3.00. The quantitative estimate of drug-likeness (QED) is 0.670. The molecular formula is C13H20N4O3S2. The minimum absolute atomic E-state index is 0.336. The van der Waals surface area contributed by atoms with Crippen molar-refractivity contribution in [1.29, 1.82) is 0 Å². The third kappa shape index (κ3) is 4.33. The van der Waals surface area contributed by atoms with Crippen LogP contribution < -0.4 is 5.32 Å². The van der Waals surface area contributed by atoms with Crippen molar-refractivity contribution in [2.45, 2.75) is 50.4 Å². The molecule has 22 heavy (non-hydrogen) atoms. The van der Waals surface area contributed by atoms with Crippen molar-refractivity contribution in [3.8, 4) is 0 Å². The monoisotopic (exact) mass is 344 g/mol. The van der Waals surface area contributed by atoms with Gasteiger partial charge in [-0.05, 0) is 39.9 Å². The summed E-state index contributed by atoms with van der Waals surface area (Å²) in [4.78, 5) is 30.2. The third-order valence-corrected chi connectivity index (χ3v) is 4.29. The normalized spacial score (nSPS) is 18.4. The Morgan fingerprint density at radius 1 is 1.45 bits per heavy atom. The van der Waals surface area contributed by atoms with E-state index in [0.717, 1.165) is 18.0 Å². The Balaban J connectivity index is 2.00. The van der Waals surface area contributed by atoms with Gasteiger partial charge in [-0.1, -0.05) is 11.8 Å². The first-order chi connectivity index (χ1) is 10.3. The molecule has 2 rings (SSSR count).